The first-order valence-corrected chi connectivity index (χ1v) is 10.4. The van der Waals surface area contributed by atoms with E-state index in [2.05, 4.69) is 0 Å². The van der Waals surface area contributed by atoms with Gasteiger partial charge < -0.3 is 9.47 Å². The second kappa shape index (κ2) is 9.11. The van der Waals surface area contributed by atoms with Crippen LogP contribution in [0.25, 0.3) is 0 Å². The molecule has 2 aliphatic heterocycles. The average molecular weight is 318 g/mol. The molecule has 0 saturated carbocycles. The summed E-state index contributed by atoms with van der Waals surface area (Å²) in [6, 6.07) is 0. The van der Waals surface area contributed by atoms with Crippen LogP contribution in [0.15, 0.2) is 0 Å². The van der Waals surface area contributed by atoms with Crippen molar-refractivity contribution in [2.45, 2.75) is 70.5 Å². The molecule has 5 heteroatoms. The third-order valence-corrected chi connectivity index (χ3v) is 6.39. The third kappa shape index (κ3) is 7.11. The van der Waals surface area contributed by atoms with Crippen molar-refractivity contribution in [1.29, 1.82) is 0 Å². The first-order chi connectivity index (χ1) is 10.2. The van der Waals surface area contributed by atoms with Crippen LogP contribution in [-0.2, 0) is 19.3 Å². The van der Waals surface area contributed by atoms with E-state index < -0.39 is 9.84 Å². The van der Waals surface area contributed by atoms with Crippen molar-refractivity contribution in [3.63, 3.8) is 0 Å². The highest BCUT2D eigenvalue weighted by Crippen LogP contribution is 2.24. The Labute approximate surface area is 129 Å². The van der Waals surface area contributed by atoms with Gasteiger partial charge in [0.1, 0.15) is 0 Å². The Bertz CT molecular complexity index is 362. The predicted octanol–water partition coefficient (Wildman–Crippen LogP) is 3.30. The van der Waals surface area contributed by atoms with Crippen LogP contribution in [0, 0.1) is 5.92 Å². The highest BCUT2D eigenvalue weighted by Gasteiger charge is 2.32. The van der Waals surface area contributed by atoms with Gasteiger partial charge in [0.25, 0.3) is 0 Å². The van der Waals surface area contributed by atoms with E-state index in [9.17, 15) is 8.42 Å². The number of unbranched alkanes of at least 4 members (excludes halogenated alkanes) is 5. The van der Waals surface area contributed by atoms with Crippen LogP contribution in [0.4, 0.5) is 0 Å². The van der Waals surface area contributed by atoms with Gasteiger partial charge >= 0.3 is 0 Å². The van der Waals surface area contributed by atoms with Gasteiger partial charge in [-0.25, -0.2) is 8.42 Å². The number of sulfone groups is 1. The van der Waals surface area contributed by atoms with E-state index in [0.717, 1.165) is 32.5 Å². The van der Waals surface area contributed by atoms with E-state index in [4.69, 9.17) is 9.47 Å². The van der Waals surface area contributed by atoms with E-state index in [-0.39, 0.29) is 6.29 Å². The molecule has 0 aromatic carbocycles. The van der Waals surface area contributed by atoms with Gasteiger partial charge in [0.05, 0.1) is 11.5 Å². The minimum absolute atomic E-state index is 0.0532. The summed E-state index contributed by atoms with van der Waals surface area (Å²) in [6.07, 6.45) is 11.9. The molecular formula is C16H30O4S. The molecule has 0 amide bonds. The van der Waals surface area contributed by atoms with Crippen LogP contribution in [0.1, 0.15) is 64.2 Å². The Kier molecular flexibility index (Phi) is 7.47. The van der Waals surface area contributed by atoms with Crippen LogP contribution < -0.4 is 0 Å². The average Bonchev–Trinajstić information content (AvgIpc) is 2.44. The molecule has 0 aliphatic carbocycles. The summed E-state index contributed by atoms with van der Waals surface area (Å²) < 4.78 is 33.3. The lowest BCUT2D eigenvalue weighted by Crippen LogP contribution is -2.35. The summed E-state index contributed by atoms with van der Waals surface area (Å²) >= 11 is 0. The van der Waals surface area contributed by atoms with Crippen molar-refractivity contribution >= 4 is 9.84 Å². The maximum Gasteiger partial charge on any atom is 0.157 e. The molecule has 0 radical (unpaired) electrons. The molecule has 1 atom stereocenters. The topological polar surface area (TPSA) is 52.6 Å². The van der Waals surface area contributed by atoms with E-state index in [1.165, 1.54) is 44.9 Å². The molecule has 0 N–H and O–H groups in total. The van der Waals surface area contributed by atoms with Crippen LogP contribution in [0.5, 0.6) is 0 Å². The highest BCUT2D eigenvalue weighted by atomic mass is 32.2. The molecule has 4 nitrogen and oxygen atoms in total. The van der Waals surface area contributed by atoms with Gasteiger partial charge in [0, 0.05) is 13.2 Å². The van der Waals surface area contributed by atoms with E-state index in [0.29, 0.717) is 17.4 Å². The Balaban J connectivity index is 1.31. The monoisotopic (exact) mass is 318 g/mol. The van der Waals surface area contributed by atoms with Crippen molar-refractivity contribution in [3.05, 3.63) is 0 Å². The third-order valence-electron chi connectivity index (χ3n) is 4.43. The molecule has 0 aromatic heterocycles. The van der Waals surface area contributed by atoms with Crippen LogP contribution in [0.2, 0.25) is 0 Å². The van der Waals surface area contributed by atoms with E-state index >= 15 is 0 Å². The Morgan fingerprint density at radius 1 is 0.952 bits per heavy atom. The van der Waals surface area contributed by atoms with Crippen LogP contribution in [-0.4, -0.2) is 39.4 Å². The molecule has 0 spiro atoms. The van der Waals surface area contributed by atoms with Crippen molar-refractivity contribution in [1.82, 2.24) is 0 Å². The summed E-state index contributed by atoms with van der Waals surface area (Å²) in [5.41, 5.74) is 0. The van der Waals surface area contributed by atoms with Gasteiger partial charge in [-0.15, -0.1) is 0 Å². The van der Waals surface area contributed by atoms with E-state index in [1.54, 1.807) is 0 Å². The summed E-state index contributed by atoms with van der Waals surface area (Å²) in [6.45, 7) is 1.68. The predicted molar refractivity (Wildman–Crippen MR) is 84.0 cm³/mol. The summed E-state index contributed by atoms with van der Waals surface area (Å²) in [4.78, 5) is 0. The Hall–Kier alpha value is -0.130. The minimum atomic E-state index is -2.62. The highest BCUT2D eigenvalue weighted by molar-refractivity contribution is 7.92. The molecule has 0 aromatic rings. The van der Waals surface area contributed by atoms with E-state index in [1.807, 2.05) is 0 Å². The van der Waals surface area contributed by atoms with Crippen molar-refractivity contribution in [2.75, 3.05) is 24.7 Å². The smallest absolute Gasteiger partial charge is 0.157 e. The molecule has 1 unspecified atom stereocenters. The standard InChI is InChI=1S/C16H30O4S/c17-21(18)13-15(14-21)9-5-3-1-2-4-7-11-19-16-10-6-8-12-20-16/h15-16H,1-14H2. The van der Waals surface area contributed by atoms with Crippen LogP contribution >= 0.6 is 0 Å². The fourth-order valence-electron chi connectivity index (χ4n) is 3.14. The molecule has 2 saturated heterocycles. The fourth-order valence-corrected chi connectivity index (χ4v) is 4.81. The zero-order valence-electron chi connectivity index (χ0n) is 13.1. The minimum Gasteiger partial charge on any atom is -0.353 e. The van der Waals surface area contributed by atoms with Crippen molar-refractivity contribution in [2.24, 2.45) is 5.92 Å². The van der Waals surface area contributed by atoms with Crippen LogP contribution in [0.3, 0.4) is 0 Å². The normalized spacial score (nSPS) is 25.6. The van der Waals surface area contributed by atoms with Crippen molar-refractivity contribution in [3.8, 4) is 0 Å². The maximum absolute atomic E-state index is 11.0. The summed E-state index contributed by atoms with van der Waals surface area (Å²) in [7, 11) is -2.62. The molecule has 0 bridgehead atoms. The lowest BCUT2D eigenvalue weighted by Gasteiger charge is -2.25. The van der Waals surface area contributed by atoms with Crippen molar-refractivity contribution < 1.29 is 17.9 Å². The first-order valence-electron chi connectivity index (χ1n) is 8.59. The van der Waals surface area contributed by atoms with Gasteiger partial charge in [0.2, 0.25) is 0 Å². The lowest BCUT2D eigenvalue weighted by molar-refractivity contribution is -0.162. The molecule has 2 rings (SSSR count). The molecule has 2 fully saturated rings. The van der Waals surface area contributed by atoms with Gasteiger partial charge in [-0.2, -0.15) is 0 Å². The maximum atomic E-state index is 11.0. The zero-order valence-corrected chi connectivity index (χ0v) is 13.9. The number of hydrogen-bond acceptors (Lipinski definition) is 4. The molecule has 2 aliphatic rings. The fraction of sp³-hybridized carbons (Fsp3) is 1.00. The Morgan fingerprint density at radius 3 is 2.33 bits per heavy atom. The quantitative estimate of drug-likeness (QED) is 0.580. The Morgan fingerprint density at radius 2 is 1.67 bits per heavy atom. The number of ether oxygens (including phenoxy) is 2. The second-order valence-electron chi connectivity index (χ2n) is 6.52. The summed E-state index contributed by atoms with van der Waals surface area (Å²) in [5, 5.41) is 0. The molecule has 21 heavy (non-hydrogen) atoms. The summed E-state index contributed by atoms with van der Waals surface area (Å²) in [5.74, 6) is 1.33. The van der Waals surface area contributed by atoms with Gasteiger partial charge in [-0.1, -0.05) is 32.1 Å². The second-order valence-corrected chi connectivity index (χ2v) is 8.67. The molecular weight excluding hydrogens is 288 g/mol. The van der Waals surface area contributed by atoms with Gasteiger partial charge in [0.15, 0.2) is 16.1 Å². The number of hydrogen-bond donors (Lipinski definition) is 0. The molecule has 124 valence electrons. The SMILES string of the molecule is O=S1(=O)CC(CCCCCCCCOC2CCCCO2)C1. The largest absolute Gasteiger partial charge is 0.353 e. The number of rotatable bonds is 10. The van der Waals surface area contributed by atoms with Gasteiger partial charge in [-0.05, 0) is 38.0 Å². The first kappa shape index (κ1) is 17.2. The molecule has 2 heterocycles. The lowest BCUT2D eigenvalue weighted by atomic mass is 10.0. The zero-order chi connectivity index (χ0) is 15.0. The van der Waals surface area contributed by atoms with Gasteiger partial charge in [-0.3, -0.25) is 0 Å².